The van der Waals surface area contributed by atoms with Gasteiger partial charge in [0.05, 0.1) is 5.41 Å². The second kappa shape index (κ2) is 11.1. The summed E-state index contributed by atoms with van der Waals surface area (Å²) >= 11 is 6.11. The van der Waals surface area contributed by atoms with Crippen molar-refractivity contribution in [3.63, 3.8) is 0 Å². The van der Waals surface area contributed by atoms with Gasteiger partial charge in [0.1, 0.15) is 6.04 Å². The van der Waals surface area contributed by atoms with Gasteiger partial charge < -0.3 is 20.3 Å². The van der Waals surface area contributed by atoms with Crippen molar-refractivity contribution < 1.29 is 28.7 Å². The SMILES string of the molecule is Cc1ccc(NC(=O)NCc2ccc3c(c2)CN(C2CCC(=O)N(COC(=O)C(C)(C)C)C2=O)C3=O)cc1Cl. The molecule has 2 heterocycles. The molecule has 2 N–H and O–H groups in total. The van der Waals surface area contributed by atoms with E-state index in [0.717, 1.165) is 21.6 Å². The molecule has 11 heteroatoms. The minimum absolute atomic E-state index is 0.0556. The summed E-state index contributed by atoms with van der Waals surface area (Å²) in [6.45, 7) is 6.83. The number of halogens is 1. The first-order chi connectivity index (χ1) is 18.3. The molecule has 206 valence electrons. The zero-order valence-electron chi connectivity index (χ0n) is 22.3. The Bertz CT molecular complexity index is 1350. The maximum absolute atomic E-state index is 13.2. The molecular weight excluding hydrogens is 524 g/mol. The summed E-state index contributed by atoms with van der Waals surface area (Å²) in [4.78, 5) is 65.6. The van der Waals surface area contributed by atoms with Crippen molar-refractivity contribution in [1.29, 1.82) is 0 Å². The molecular formula is C28H31ClN4O6. The number of rotatable bonds is 6. The Hall–Kier alpha value is -3.92. The molecule has 1 saturated heterocycles. The molecule has 0 aliphatic carbocycles. The lowest BCUT2D eigenvalue weighted by atomic mass is 9.97. The predicted molar refractivity (Wildman–Crippen MR) is 144 cm³/mol. The molecule has 0 bridgehead atoms. The van der Waals surface area contributed by atoms with Gasteiger partial charge in [0.15, 0.2) is 6.73 Å². The number of benzene rings is 2. The number of nitrogens with one attached hydrogen (secondary N) is 2. The van der Waals surface area contributed by atoms with E-state index in [9.17, 15) is 24.0 Å². The number of anilines is 1. The number of esters is 1. The number of nitrogens with zero attached hydrogens (tertiary/aromatic N) is 2. The van der Waals surface area contributed by atoms with Gasteiger partial charge in [0.2, 0.25) is 5.91 Å². The van der Waals surface area contributed by atoms with Crippen LogP contribution in [-0.4, -0.2) is 52.3 Å². The van der Waals surface area contributed by atoms with Crippen LogP contribution in [-0.2, 0) is 32.2 Å². The first-order valence-electron chi connectivity index (χ1n) is 12.6. The zero-order chi connectivity index (χ0) is 28.5. The Balaban J connectivity index is 1.38. The molecule has 2 aliphatic rings. The molecule has 1 atom stereocenters. The maximum Gasteiger partial charge on any atom is 0.319 e. The molecule has 1 unspecified atom stereocenters. The van der Waals surface area contributed by atoms with Crippen LogP contribution in [0, 0.1) is 12.3 Å². The lowest BCUT2D eigenvalue weighted by Crippen LogP contribution is -2.55. The Morgan fingerprint density at radius 2 is 1.85 bits per heavy atom. The van der Waals surface area contributed by atoms with E-state index in [-0.39, 0.29) is 31.8 Å². The van der Waals surface area contributed by atoms with Gasteiger partial charge in [-0.05, 0) is 69.0 Å². The van der Waals surface area contributed by atoms with Gasteiger partial charge in [0.25, 0.3) is 11.8 Å². The van der Waals surface area contributed by atoms with Crippen LogP contribution >= 0.6 is 11.6 Å². The molecule has 0 saturated carbocycles. The fourth-order valence-electron chi connectivity index (χ4n) is 4.37. The third-order valence-electron chi connectivity index (χ3n) is 6.68. The largest absolute Gasteiger partial charge is 0.443 e. The summed E-state index contributed by atoms with van der Waals surface area (Å²) in [6.07, 6.45) is 0.249. The maximum atomic E-state index is 13.2. The highest BCUT2D eigenvalue weighted by molar-refractivity contribution is 6.31. The Kier molecular flexibility index (Phi) is 7.96. The van der Waals surface area contributed by atoms with Crippen LogP contribution in [0.5, 0.6) is 0 Å². The summed E-state index contributed by atoms with van der Waals surface area (Å²) in [6, 6.07) is 9.22. The molecule has 0 radical (unpaired) electrons. The van der Waals surface area contributed by atoms with Gasteiger partial charge in [0, 0.05) is 35.8 Å². The topological polar surface area (TPSA) is 125 Å². The predicted octanol–water partition coefficient (Wildman–Crippen LogP) is 3.99. The Labute approximate surface area is 231 Å². The van der Waals surface area contributed by atoms with Crippen molar-refractivity contribution in [3.05, 3.63) is 63.7 Å². The number of amides is 5. The second-order valence-electron chi connectivity index (χ2n) is 10.7. The van der Waals surface area contributed by atoms with Crippen LogP contribution in [0.2, 0.25) is 5.02 Å². The number of hydrogen-bond acceptors (Lipinski definition) is 6. The number of urea groups is 1. The molecule has 2 aromatic carbocycles. The van der Waals surface area contributed by atoms with E-state index in [1.165, 1.54) is 4.90 Å². The van der Waals surface area contributed by atoms with Crippen molar-refractivity contribution in [1.82, 2.24) is 15.1 Å². The third-order valence-corrected chi connectivity index (χ3v) is 7.09. The number of fused-ring (bicyclic) bond motifs is 1. The number of likely N-dealkylation sites (tertiary alicyclic amines) is 1. The minimum Gasteiger partial charge on any atom is -0.443 e. The quantitative estimate of drug-likeness (QED) is 0.411. The standard InChI is InChI=1S/C28H31ClN4O6/c1-16-5-7-19(12-21(16)29)31-27(38)30-13-17-6-8-20-18(11-17)14-32(24(20)35)22-9-10-23(34)33(25(22)36)15-39-26(37)28(2,3)4/h5-8,11-12,22H,9-10,13-15H2,1-4H3,(H2,30,31,38). The van der Waals surface area contributed by atoms with Crippen LogP contribution < -0.4 is 10.6 Å². The number of ether oxygens (including phenoxy) is 1. The second-order valence-corrected chi connectivity index (χ2v) is 11.1. The van der Waals surface area contributed by atoms with Crippen molar-refractivity contribution in [3.8, 4) is 0 Å². The van der Waals surface area contributed by atoms with Gasteiger partial charge in [-0.15, -0.1) is 0 Å². The van der Waals surface area contributed by atoms with Crippen LogP contribution in [0.3, 0.4) is 0 Å². The zero-order valence-corrected chi connectivity index (χ0v) is 23.1. The molecule has 4 rings (SSSR count). The van der Waals surface area contributed by atoms with Crippen LogP contribution in [0.1, 0.15) is 60.7 Å². The average molecular weight is 555 g/mol. The average Bonchev–Trinajstić information content (AvgIpc) is 3.19. The highest BCUT2D eigenvalue weighted by Crippen LogP contribution is 2.30. The van der Waals surface area contributed by atoms with Crippen molar-refractivity contribution in [2.45, 2.75) is 59.7 Å². The summed E-state index contributed by atoms with van der Waals surface area (Å²) in [5.41, 5.74) is 2.66. The van der Waals surface area contributed by atoms with Gasteiger partial charge in [-0.3, -0.25) is 19.2 Å². The lowest BCUT2D eigenvalue weighted by Gasteiger charge is -2.35. The van der Waals surface area contributed by atoms with Gasteiger partial charge in [-0.1, -0.05) is 29.8 Å². The molecule has 1 fully saturated rings. The number of hydrogen-bond donors (Lipinski definition) is 2. The number of piperidine rings is 1. The molecule has 2 aliphatic heterocycles. The van der Waals surface area contributed by atoms with E-state index in [2.05, 4.69) is 10.6 Å². The summed E-state index contributed by atoms with van der Waals surface area (Å²) in [5.74, 6) is -1.85. The number of carbonyl (C=O) groups excluding carboxylic acids is 5. The Morgan fingerprint density at radius 3 is 2.54 bits per heavy atom. The number of aryl methyl sites for hydroxylation is 1. The van der Waals surface area contributed by atoms with E-state index in [1.807, 2.05) is 19.1 Å². The van der Waals surface area contributed by atoms with E-state index >= 15 is 0 Å². The normalized spacial score (nSPS) is 17.3. The monoisotopic (exact) mass is 554 g/mol. The number of carbonyl (C=O) groups is 5. The van der Waals surface area contributed by atoms with Gasteiger partial charge in [-0.25, -0.2) is 9.69 Å². The van der Waals surface area contributed by atoms with Crippen LogP contribution in [0.15, 0.2) is 36.4 Å². The third kappa shape index (κ3) is 6.22. The molecule has 2 aromatic rings. The lowest BCUT2D eigenvalue weighted by molar-refractivity contribution is -0.168. The smallest absolute Gasteiger partial charge is 0.319 e. The molecule has 0 aromatic heterocycles. The van der Waals surface area contributed by atoms with Gasteiger partial charge in [-0.2, -0.15) is 0 Å². The van der Waals surface area contributed by atoms with E-state index in [1.54, 1.807) is 45.0 Å². The van der Waals surface area contributed by atoms with E-state index in [4.69, 9.17) is 16.3 Å². The van der Waals surface area contributed by atoms with Crippen molar-refractivity contribution in [2.24, 2.45) is 5.41 Å². The van der Waals surface area contributed by atoms with Crippen LogP contribution in [0.25, 0.3) is 0 Å². The molecule has 10 nitrogen and oxygen atoms in total. The minimum atomic E-state index is -0.843. The Morgan fingerprint density at radius 1 is 1.10 bits per heavy atom. The number of imide groups is 1. The first-order valence-corrected chi connectivity index (χ1v) is 13.0. The van der Waals surface area contributed by atoms with Crippen molar-refractivity contribution in [2.75, 3.05) is 12.0 Å². The van der Waals surface area contributed by atoms with E-state index < -0.39 is 42.0 Å². The first kappa shape index (κ1) is 28.1. The van der Waals surface area contributed by atoms with Gasteiger partial charge >= 0.3 is 12.0 Å². The summed E-state index contributed by atoms with van der Waals surface area (Å²) < 4.78 is 5.19. The summed E-state index contributed by atoms with van der Waals surface area (Å²) in [5, 5.41) is 6.06. The highest BCUT2D eigenvalue weighted by Gasteiger charge is 2.43. The molecule has 0 spiro atoms. The summed E-state index contributed by atoms with van der Waals surface area (Å²) in [7, 11) is 0. The molecule has 5 amide bonds. The molecule has 39 heavy (non-hydrogen) atoms. The highest BCUT2D eigenvalue weighted by atomic mass is 35.5. The fourth-order valence-corrected chi connectivity index (χ4v) is 4.55. The van der Waals surface area contributed by atoms with Crippen LogP contribution in [0.4, 0.5) is 10.5 Å². The van der Waals surface area contributed by atoms with E-state index in [0.29, 0.717) is 16.3 Å². The van der Waals surface area contributed by atoms with Crippen molar-refractivity contribution >= 4 is 47.0 Å². The fraction of sp³-hybridized carbons (Fsp3) is 0.393.